The molecule has 1 atom stereocenters. The van der Waals surface area contributed by atoms with Crippen LogP contribution in [0.3, 0.4) is 0 Å². The fourth-order valence-corrected chi connectivity index (χ4v) is 9.04. The van der Waals surface area contributed by atoms with Crippen LogP contribution in [-0.2, 0) is 43.7 Å². The molecule has 0 bridgehead atoms. The number of nitrogens with one attached hydrogen (secondary N) is 2. The second-order valence-corrected chi connectivity index (χ2v) is 33.9. The summed E-state index contributed by atoms with van der Waals surface area (Å²) in [5, 5.41) is 7.09. The molecule has 4 aliphatic heterocycles. The second-order valence-electron chi connectivity index (χ2n) is 33.9. The monoisotopic (exact) mass is 1280 g/mol. The molecule has 1 unspecified atom stereocenters. The lowest BCUT2D eigenvalue weighted by molar-refractivity contribution is -0.142. The number of nitrogens with zero attached hydrogens (tertiary/aromatic N) is 11. The van der Waals surface area contributed by atoms with E-state index >= 15 is 0 Å². The first-order valence-electron chi connectivity index (χ1n) is 33.2. The quantitative estimate of drug-likeness (QED) is 0.142. The molecule has 15 nitrogen and oxygen atoms in total. The summed E-state index contributed by atoms with van der Waals surface area (Å²) in [7, 11) is 2.06. The normalized spacial score (nSPS) is 15.5. The zero-order valence-corrected chi connectivity index (χ0v) is 65.4. The predicted octanol–water partition coefficient (Wildman–Crippen LogP) is 19.4. The van der Waals surface area contributed by atoms with Gasteiger partial charge in [-0.05, 0) is 102 Å². The first-order chi connectivity index (χ1) is 42.0. The van der Waals surface area contributed by atoms with Crippen LogP contribution in [0.25, 0.3) is 0 Å². The Hall–Kier alpha value is -6.77. The van der Waals surface area contributed by atoms with Crippen molar-refractivity contribution >= 4 is 23.1 Å². The highest BCUT2D eigenvalue weighted by Gasteiger charge is 2.29. The van der Waals surface area contributed by atoms with Crippen molar-refractivity contribution in [3.63, 3.8) is 0 Å². The highest BCUT2D eigenvalue weighted by atomic mass is 16.5. The molecule has 2 N–H and O–H groups in total. The third-order valence-corrected chi connectivity index (χ3v) is 14.8. The Labute approximate surface area is 565 Å². The molecular weight excluding hydrogens is 1150 g/mol. The highest BCUT2D eigenvalue weighted by Crippen LogP contribution is 2.32. The highest BCUT2D eigenvalue weighted by molar-refractivity contribution is 6.01. The summed E-state index contributed by atoms with van der Waals surface area (Å²) in [4.78, 5) is 52.0. The molecule has 9 rings (SSSR count). The van der Waals surface area contributed by atoms with Crippen LogP contribution in [0, 0.1) is 56.3 Å². The number of hydrogen-bond donors (Lipinski definition) is 2. The molecule has 0 aliphatic carbocycles. The van der Waals surface area contributed by atoms with Gasteiger partial charge in [-0.25, -0.2) is 34.7 Å². The van der Waals surface area contributed by atoms with E-state index in [0.717, 1.165) is 65.5 Å². The SMILES string of the molecule is CC(C)(C)C1C=CC(=O)O1.CC1=NC(C(C)(C)C)=CC1.CC1=NCC=C1C(C)(C)C.CC1=NCC=C1C(C)(C)C.Cc1cc(C(C)(C)C)n[nH]1.Cc1cc(C(C)(C)C)ncn1.Cc1ccnc(C(C)(C)C)n1.Cc1ncc(C(C)(C)C)[nH]1.Cc1ncc(C(C)(C)C)n1C. The van der Waals surface area contributed by atoms with Gasteiger partial charge in [-0.3, -0.25) is 20.1 Å². The number of allylic oxidation sites excluding steroid dienone is 4. The van der Waals surface area contributed by atoms with Crippen molar-refractivity contribution in [3.05, 3.63) is 148 Å². The van der Waals surface area contributed by atoms with Crippen LogP contribution in [0.4, 0.5) is 0 Å². The predicted molar refractivity (Wildman–Crippen MR) is 396 cm³/mol. The lowest BCUT2D eigenvalue weighted by Crippen LogP contribution is -2.25. The lowest BCUT2D eigenvalue weighted by Gasteiger charge is -2.23. The maximum absolute atomic E-state index is 10.6. The minimum absolute atomic E-state index is 0.0304. The van der Waals surface area contributed by atoms with Gasteiger partial charge >= 0.3 is 5.97 Å². The van der Waals surface area contributed by atoms with E-state index in [2.05, 4.69) is 283 Å². The molecule has 9 heterocycles. The number of carbonyl (C=O) groups excluding carboxylic acids is 1. The van der Waals surface area contributed by atoms with E-state index in [-0.39, 0.29) is 60.8 Å². The maximum Gasteiger partial charge on any atom is 0.331 e. The number of esters is 1. The number of rotatable bonds is 0. The van der Waals surface area contributed by atoms with Crippen molar-refractivity contribution in [2.75, 3.05) is 13.1 Å². The number of ether oxygens (including phenoxy) is 1. The molecule has 0 aromatic carbocycles. The third-order valence-electron chi connectivity index (χ3n) is 14.8. The smallest absolute Gasteiger partial charge is 0.331 e. The van der Waals surface area contributed by atoms with Gasteiger partial charge in [0.2, 0.25) is 0 Å². The maximum atomic E-state index is 10.6. The summed E-state index contributed by atoms with van der Waals surface area (Å²) in [5.41, 5.74) is 17.2. The van der Waals surface area contributed by atoms with E-state index in [1.54, 1.807) is 6.33 Å². The minimum Gasteiger partial charge on any atom is -0.454 e. The molecule has 518 valence electrons. The first kappa shape index (κ1) is 84.2. The number of aromatic amines is 2. The van der Waals surface area contributed by atoms with Crippen molar-refractivity contribution in [2.24, 2.45) is 43.7 Å². The average molecular weight is 1280 g/mol. The van der Waals surface area contributed by atoms with E-state index in [9.17, 15) is 4.79 Å². The van der Waals surface area contributed by atoms with Crippen LogP contribution in [0.15, 0.2) is 105 Å². The Morgan fingerprint density at radius 1 is 0.538 bits per heavy atom. The van der Waals surface area contributed by atoms with Crippen LogP contribution in [0.1, 0.15) is 271 Å². The van der Waals surface area contributed by atoms with Crippen LogP contribution in [0.5, 0.6) is 0 Å². The third kappa shape index (κ3) is 31.8. The van der Waals surface area contributed by atoms with Gasteiger partial charge in [0.05, 0.1) is 18.8 Å². The van der Waals surface area contributed by atoms with E-state index < -0.39 is 0 Å². The van der Waals surface area contributed by atoms with Gasteiger partial charge in [0, 0.05) is 133 Å². The van der Waals surface area contributed by atoms with Gasteiger partial charge < -0.3 is 14.3 Å². The van der Waals surface area contributed by atoms with Crippen molar-refractivity contribution in [1.29, 1.82) is 0 Å². The Kier molecular flexibility index (Phi) is 31.3. The van der Waals surface area contributed by atoms with Crippen molar-refractivity contribution in [1.82, 2.24) is 49.7 Å². The van der Waals surface area contributed by atoms with Crippen molar-refractivity contribution in [2.45, 2.75) is 282 Å². The van der Waals surface area contributed by atoms with Gasteiger partial charge in [0.15, 0.2) is 0 Å². The van der Waals surface area contributed by atoms with Crippen LogP contribution < -0.4 is 0 Å². The Morgan fingerprint density at radius 2 is 1.06 bits per heavy atom. The van der Waals surface area contributed by atoms with Gasteiger partial charge in [-0.15, -0.1) is 0 Å². The summed E-state index contributed by atoms with van der Waals surface area (Å²) >= 11 is 0. The van der Waals surface area contributed by atoms with Crippen LogP contribution in [0.2, 0.25) is 0 Å². The van der Waals surface area contributed by atoms with Crippen LogP contribution in [-0.4, -0.2) is 92.0 Å². The molecule has 0 fully saturated rings. The molecule has 0 spiro atoms. The molecule has 0 amide bonds. The van der Waals surface area contributed by atoms with E-state index in [1.807, 2.05) is 92.2 Å². The standard InChI is InChI=1S/C9H16N2.2C9H14N2.3C9H15N.2C8H14N2.C8H12O2/c1-7-10-6-8(11(7)5)9(2,3)4;1-7-5-8(9(2,3)4)11-6-10-7;1-7-5-6-10-8(11-7)9(2,3)4;2*1-7-8(5-6-10-7)9(2,3)4;1-7-5-6-8(10-7)9(2,3)4;1-6-9-5-7(10-6)8(2,3)4;1-6-5-7(10-9-6)8(2,3)4;1-8(2,3)6-4-5-7(9)10-6/h6H,1-5H3;2*5-6H,1-4H3;2*5H,6H2,1-4H3;6H,5H2,1-4H3;2*5H,1-4H3,(H,9,10);4-6H,1-3H3. The largest absolute Gasteiger partial charge is 0.454 e. The molecule has 5 aromatic rings. The van der Waals surface area contributed by atoms with Crippen molar-refractivity contribution in [3.8, 4) is 0 Å². The topological polar surface area (TPSA) is 190 Å². The fourth-order valence-electron chi connectivity index (χ4n) is 9.04. The Balaban J connectivity index is 0.000000523. The van der Waals surface area contributed by atoms with Gasteiger partial charge in [0.1, 0.15) is 29.9 Å². The second kappa shape index (κ2) is 34.6. The van der Waals surface area contributed by atoms with Gasteiger partial charge in [-0.2, -0.15) is 5.10 Å². The summed E-state index contributed by atoms with van der Waals surface area (Å²) < 4.78 is 7.11. The first-order valence-corrected chi connectivity index (χ1v) is 33.2. The molecule has 15 heteroatoms. The van der Waals surface area contributed by atoms with Gasteiger partial charge in [-0.1, -0.05) is 205 Å². The molecule has 0 radical (unpaired) electrons. The van der Waals surface area contributed by atoms with E-state index in [4.69, 9.17) is 4.74 Å². The number of cyclic esters (lactones) is 1. The summed E-state index contributed by atoms with van der Waals surface area (Å²) in [6, 6.07) is 6.02. The number of aryl methyl sites for hydroxylation is 5. The number of carbonyl (C=O) groups is 1. The summed E-state index contributed by atoms with van der Waals surface area (Å²) in [6.07, 6.45) is 18.2. The Bertz CT molecular complexity index is 3210. The number of aliphatic imine (C=N–C) groups is 3. The molecule has 5 aromatic heterocycles. The molecule has 0 saturated carbocycles. The van der Waals surface area contributed by atoms with E-state index in [1.165, 1.54) is 51.4 Å². The molecular formula is C78H129N13O2. The lowest BCUT2D eigenvalue weighted by atomic mass is 9.84. The number of hydrogen-bond acceptors (Lipinski definition) is 12. The zero-order chi connectivity index (χ0) is 72.3. The fraction of sp³-hybridized carbons (Fsp3) is 0.628. The van der Waals surface area contributed by atoms with E-state index in [0.29, 0.717) is 0 Å². The molecule has 4 aliphatic rings. The average Bonchev–Trinajstić information content (AvgIpc) is 1.90. The van der Waals surface area contributed by atoms with Crippen molar-refractivity contribution < 1.29 is 9.53 Å². The summed E-state index contributed by atoms with van der Waals surface area (Å²) in [6.45, 7) is 76.4. The minimum atomic E-state index is -0.222. The van der Waals surface area contributed by atoms with Crippen LogP contribution >= 0.6 is 0 Å². The molecule has 0 saturated heterocycles. The van der Waals surface area contributed by atoms with Gasteiger partial charge in [0.25, 0.3) is 0 Å². The number of aromatic nitrogens is 10. The number of imidazole rings is 2. The zero-order valence-electron chi connectivity index (χ0n) is 65.4. The summed E-state index contributed by atoms with van der Waals surface area (Å²) in [5.74, 6) is 2.76. The number of H-pyrrole nitrogens is 2. The Morgan fingerprint density at radius 3 is 1.28 bits per heavy atom. The molecule has 93 heavy (non-hydrogen) atoms.